The maximum Gasteiger partial charge on any atom is 0.249 e. The van der Waals surface area contributed by atoms with Gasteiger partial charge in [0.15, 0.2) is 0 Å². The van der Waals surface area contributed by atoms with Crippen molar-refractivity contribution >= 4 is 18.3 Å². The molecule has 1 saturated carbocycles. The van der Waals surface area contributed by atoms with Gasteiger partial charge in [0.05, 0.1) is 0 Å². The summed E-state index contributed by atoms with van der Waals surface area (Å²) in [5, 5.41) is 6.81. The van der Waals surface area contributed by atoms with E-state index in [1.165, 1.54) is 6.07 Å². The molecule has 0 spiro atoms. The summed E-state index contributed by atoms with van der Waals surface area (Å²) in [7, 11) is 0. The lowest BCUT2D eigenvalue weighted by Crippen LogP contribution is -2.36. The van der Waals surface area contributed by atoms with Crippen LogP contribution in [-0.4, -0.2) is 22.6 Å². The topological polar surface area (TPSA) is 94.0 Å². The number of aromatic nitrogens is 2. The van der Waals surface area contributed by atoms with Crippen LogP contribution in [0.2, 0.25) is 0 Å². The Balaban J connectivity index is 0.00000243. The smallest absolute Gasteiger partial charge is 0.249 e. The fraction of sp³-hybridized carbons (Fsp3) is 0.500. The van der Waals surface area contributed by atoms with Gasteiger partial charge in [0.1, 0.15) is 11.9 Å². The van der Waals surface area contributed by atoms with Crippen molar-refractivity contribution in [1.82, 2.24) is 15.5 Å². The van der Waals surface area contributed by atoms with E-state index in [0.717, 1.165) is 19.3 Å². The molecule has 142 valence electrons. The van der Waals surface area contributed by atoms with Crippen molar-refractivity contribution < 1.29 is 13.7 Å². The molecule has 1 fully saturated rings. The molecule has 6 nitrogen and oxygen atoms in total. The van der Waals surface area contributed by atoms with E-state index in [4.69, 9.17) is 10.3 Å². The van der Waals surface area contributed by atoms with Crippen LogP contribution in [0.25, 0.3) is 11.4 Å². The average molecular weight is 383 g/mol. The van der Waals surface area contributed by atoms with Gasteiger partial charge in [-0.05, 0) is 50.8 Å². The van der Waals surface area contributed by atoms with Crippen LogP contribution in [0.15, 0.2) is 22.7 Å². The number of aryl methyl sites for hydroxylation is 1. The largest absolute Gasteiger partial charge is 0.344 e. The molecule has 0 radical (unpaired) electrons. The molecule has 8 heteroatoms. The molecule has 0 bridgehead atoms. The minimum absolute atomic E-state index is 0. The van der Waals surface area contributed by atoms with Crippen LogP contribution in [0.3, 0.4) is 0 Å². The first-order valence-electron chi connectivity index (χ1n) is 8.60. The van der Waals surface area contributed by atoms with Crippen LogP contribution < -0.4 is 11.1 Å². The molecule has 1 heterocycles. The van der Waals surface area contributed by atoms with Crippen LogP contribution in [0.4, 0.5) is 4.39 Å². The van der Waals surface area contributed by atoms with E-state index in [1.807, 2.05) is 0 Å². The minimum atomic E-state index is -0.414. The Labute approximate surface area is 158 Å². The number of nitrogens with one attached hydrogen (secondary N) is 1. The number of halogens is 2. The molecule has 3 N–H and O–H groups in total. The number of carbonyl (C=O) groups excluding carboxylic acids is 1. The molecular weight excluding hydrogens is 359 g/mol. The van der Waals surface area contributed by atoms with Crippen LogP contribution in [0.5, 0.6) is 0 Å². The number of hydrogen-bond acceptors (Lipinski definition) is 5. The van der Waals surface area contributed by atoms with Crippen LogP contribution in [-0.2, 0) is 4.79 Å². The van der Waals surface area contributed by atoms with Gasteiger partial charge in [-0.3, -0.25) is 4.79 Å². The summed E-state index contributed by atoms with van der Waals surface area (Å²) in [5.41, 5.74) is 6.84. The number of amides is 1. The second-order valence-corrected chi connectivity index (χ2v) is 6.68. The fourth-order valence-corrected chi connectivity index (χ4v) is 3.31. The highest BCUT2D eigenvalue weighted by molar-refractivity contribution is 5.85. The quantitative estimate of drug-likeness (QED) is 0.828. The van der Waals surface area contributed by atoms with E-state index in [2.05, 4.69) is 15.5 Å². The fourth-order valence-electron chi connectivity index (χ4n) is 3.31. The summed E-state index contributed by atoms with van der Waals surface area (Å²) in [6, 6.07) is 4.36. The predicted molar refractivity (Wildman–Crippen MR) is 98.1 cm³/mol. The van der Waals surface area contributed by atoms with Crippen molar-refractivity contribution in [2.75, 3.05) is 6.54 Å². The van der Waals surface area contributed by atoms with Gasteiger partial charge in [-0.1, -0.05) is 23.7 Å². The monoisotopic (exact) mass is 382 g/mol. The van der Waals surface area contributed by atoms with Crippen molar-refractivity contribution in [2.24, 2.45) is 17.6 Å². The molecule has 0 saturated heterocycles. The average Bonchev–Trinajstić information content (AvgIpc) is 3.26. The number of nitrogens with two attached hydrogens (primary N) is 1. The van der Waals surface area contributed by atoms with Crippen LogP contribution in [0, 0.1) is 24.6 Å². The van der Waals surface area contributed by atoms with E-state index in [-0.39, 0.29) is 36.0 Å². The molecule has 3 atom stereocenters. The third kappa shape index (κ3) is 4.22. The Hall–Kier alpha value is -1.99. The van der Waals surface area contributed by atoms with Gasteiger partial charge >= 0.3 is 0 Å². The molecule has 1 aromatic carbocycles. The standard InChI is InChI=1S/C18H23FN4O2.ClH/c1-10-6-7-12(8-15(10)19)16-22-18(25-23-16)11(2)21-17(24)14-5-3-4-13(14)9-20;/h6-8,11,13-14H,3-5,9,20H2,1-2H3,(H,21,24);1H/t11?,13-,14-;/m1./s1. The van der Waals surface area contributed by atoms with Crippen LogP contribution >= 0.6 is 12.4 Å². The Kier molecular flexibility index (Phi) is 6.72. The summed E-state index contributed by atoms with van der Waals surface area (Å²) >= 11 is 0. The molecule has 0 aliphatic heterocycles. The van der Waals surface area contributed by atoms with Crippen molar-refractivity contribution in [3.05, 3.63) is 35.5 Å². The van der Waals surface area contributed by atoms with Crippen molar-refractivity contribution in [1.29, 1.82) is 0 Å². The molecule has 1 unspecified atom stereocenters. The molecule has 1 aromatic heterocycles. The van der Waals surface area contributed by atoms with Crippen molar-refractivity contribution in [3.63, 3.8) is 0 Å². The molecule has 2 aromatic rings. The highest BCUT2D eigenvalue weighted by Gasteiger charge is 2.33. The Morgan fingerprint density at radius 3 is 2.92 bits per heavy atom. The highest BCUT2D eigenvalue weighted by Crippen LogP contribution is 2.31. The molecule has 1 aliphatic rings. The van der Waals surface area contributed by atoms with E-state index >= 15 is 0 Å². The zero-order valence-electron chi connectivity index (χ0n) is 14.9. The van der Waals surface area contributed by atoms with E-state index in [0.29, 0.717) is 29.4 Å². The summed E-state index contributed by atoms with van der Waals surface area (Å²) in [4.78, 5) is 16.7. The Morgan fingerprint density at radius 2 is 2.23 bits per heavy atom. The maximum absolute atomic E-state index is 13.7. The van der Waals surface area contributed by atoms with Gasteiger partial charge in [0.25, 0.3) is 0 Å². The summed E-state index contributed by atoms with van der Waals surface area (Å²) < 4.78 is 18.9. The normalized spacial score (nSPS) is 20.5. The zero-order valence-corrected chi connectivity index (χ0v) is 15.7. The van der Waals surface area contributed by atoms with Crippen LogP contribution in [0.1, 0.15) is 43.7 Å². The third-order valence-corrected chi connectivity index (χ3v) is 4.90. The maximum atomic E-state index is 13.7. The Bertz CT molecular complexity index is 767. The predicted octanol–water partition coefficient (Wildman–Crippen LogP) is 3.16. The molecule has 26 heavy (non-hydrogen) atoms. The molecular formula is C18H24ClFN4O2. The summed E-state index contributed by atoms with van der Waals surface area (Å²) in [5.74, 6) is 0.435. The number of carbonyl (C=O) groups is 1. The highest BCUT2D eigenvalue weighted by atomic mass is 35.5. The lowest BCUT2D eigenvalue weighted by atomic mass is 9.95. The molecule has 1 aliphatic carbocycles. The van der Waals surface area contributed by atoms with Gasteiger partial charge in [-0.25, -0.2) is 4.39 Å². The second-order valence-electron chi connectivity index (χ2n) is 6.68. The zero-order chi connectivity index (χ0) is 18.0. The Morgan fingerprint density at radius 1 is 1.46 bits per heavy atom. The van der Waals surface area contributed by atoms with Gasteiger partial charge in [-0.15, -0.1) is 12.4 Å². The first-order chi connectivity index (χ1) is 12.0. The van der Waals surface area contributed by atoms with E-state index in [1.54, 1.807) is 26.0 Å². The molecule has 3 rings (SSSR count). The molecule has 1 amide bonds. The van der Waals surface area contributed by atoms with Crippen molar-refractivity contribution in [3.8, 4) is 11.4 Å². The van der Waals surface area contributed by atoms with Gasteiger partial charge in [-0.2, -0.15) is 4.98 Å². The summed E-state index contributed by atoms with van der Waals surface area (Å²) in [6.45, 7) is 4.00. The number of benzene rings is 1. The van der Waals surface area contributed by atoms with Gasteiger partial charge < -0.3 is 15.6 Å². The van der Waals surface area contributed by atoms with E-state index < -0.39 is 6.04 Å². The number of nitrogens with zero attached hydrogens (tertiary/aromatic N) is 2. The lowest BCUT2D eigenvalue weighted by molar-refractivity contribution is -0.126. The van der Waals surface area contributed by atoms with Crippen molar-refractivity contribution in [2.45, 2.75) is 39.2 Å². The minimum Gasteiger partial charge on any atom is -0.344 e. The first kappa shape index (κ1) is 20.3. The van der Waals surface area contributed by atoms with E-state index in [9.17, 15) is 9.18 Å². The SMILES string of the molecule is Cc1ccc(-c2noc(C(C)NC(=O)[C@@H]3CCC[C@@H]3CN)n2)cc1F.Cl. The van der Waals surface area contributed by atoms with Gasteiger partial charge in [0, 0.05) is 11.5 Å². The van der Waals surface area contributed by atoms with Gasteiger partial charge in [0.2, 0.25) is 17.6 Å². The second kappa shape index (κ2) is 8.60. The number of hydrogen-bond donors (Lipinski definition) is 2. The third-order valence-electron chi connectivity index (χ3n) is 4.90. The number of rotatable bonds is 5. The first-order valence-corrected chi connectivity index (χ1v) is 8.60. The summed E-state index contributed by atoms with van der Waals surface area (Å²) in [6.07, 6.45) is 2.88. The lowest BCUT2D eigenvalue weighted by Gasteiger charge is -2.19.